The summed E-state index contributed by atoms with van der Waals surface area (Å²) in [5.41, 5.74) is 0.983. The Hall–Kier alpha value is -1.69. The number of likely N-dealkylation sites (tertiary alicyclic amines) is 1. The fourth-order valence-corrected chi connectivity index (χ4v) is 4.43. The van der Waals surface area contributed by atoms with Gasteiger partial charge in [0.2, 0.25) is 0 Å². The number of hydrogen-bond acceptors (Lipinski definition) is 7. The monoisotopic (exact) mass is 464 g/mol. The van der Waals surface area contributed by atoms with Crippen molar-refractivity contribution >= 4 is 5.97 Å². The molecule has 1 spiro atoms. The molecule has 0 unspecified atom stereocenters. The summed E-state index contributed by atoms with van der Waals surface area (Å²) in [6.45, 7) is 8.21. The van der Waals surface area contributed by atoms with Crippen LogP contribution in [0.5, 0.6) is 0 Å². The third kappa shape index (κ3) is 7.43. The van der Waals surface area contributed by atoms with Gasteiger partial charge in [-0.3, -0.25) is 4.90 Å². The highest BCUT2D eigenvalue weighted by Gasteiger charge is 2.44. The normalized spacial score (nSPS) is 27.3. The van der Waals surface area contributed by atoms with Gasteiger partial charge in [-0.2, -0.15) is 13.2 Å². The maximum atomic E-state index is 10.6. The zero-order valence-corrected chi connectivity index (χ0v) is 18.2. The van der Waals surface area contributed by atoms with Gasteiger partial charge in [0.05, 0.1) is 30.6 Å². The van der Waals surface area contributed by atoms with Crippen LogP contribution in [-0.2, 0) is 25.5 Å². The minimum Gasteiger partial charge on any atom is -0.475 e. The first kappa shape index (κ1) is 24.9. The molecule has 32 heavy (non-hydrogen) atoms. The minimum atomic E-state index is -5.08. The van der Waals surface area contributed by atoms with Crippen LogP contribution in [0.2, 0.25) is 0 Å². The standard InChI is InChI=1S/C19H30N2O4.C2HF3O2/c1-15-9-17(20-25-15)11-21-6-2-5-19(14-21)10-18(13-24-19)23-12-16-3-7-22-8-4-16;3-2(4,5)1(6)7/h9,16,18H,2-8,10-14H2,1H3;(H,6,7)/t18-,19-;/m0./s1. The molecule has 8 nitrogen and oxygen atoms in total. The van der Waals surface area contributed by atoms with Crippen molar-refractivity contribution in [2.45, 2.75) is 63.5 Å². The van der Waals surface area contributed by atoms with Crippen LogP contribution in [0.25, 0.3) is 0 Å². The van der Waals surface area contributed by atoms with Crippen molar-refractivity contribution in [3.05, 3.63) is 17.5 Å². The summed E-state index contributed by atoms with van der Waals surface area (Å²) in [6, 6.07) is 2.02. The molecule has 2 atom stereocenters. The quantitative estimate of drug-likeness (QED) is 0.710. The van der Waals surface area contributed by atoms with E-state index in [1.165, 1.54) is 6.42 Å². The predicted octanol–water partition coefficient (Wildman–Crippen LogP) is 3.18. The number of ether oxygens (including phenoxy) is 3. The van der Waals surface area contributed by atoms with Gasteiger partial charge in [0.1, 0.15) is 5.76 Å². The van der Waals surface area contributed by atoms with Crippen molar-refractivity contribution in [2.75, 3.05) is 39.5 Å². The lowest BCUT2D eigenvalue weighted by Crippen LogP contribution is -2.47. The number of rotatable bonds is 5. The summed E-state index contributed by atoms with van der Waals surface area (Å²) in [5, 5.41) is 11.3. The lowest BCUT2D eigenvalue weighted by atomic mass is 9.89. The Morgan fingerprint density at radius 1 is 1.38 bits per heavy atom. The smallest absolute Gasteiger partial charge is 0.475 e. The number of carbonyl (C=O) groups is 1. The summed E-state index contributed by atoms with van der Waals surface area (Å²) in [4.78, 5) is 11.3. The molecule has 11 heteroatoms. The highest BCUT2D eigenvalue weighted by Crippen LogP contribution is 2.36. The Morgan fingerprint density at radius 3 is 2.72 bits per heavy atom. The number of halogens is 3. The number of aryl methyl sites for hydroxylation is 1. The van der Waals surface area contributed by atoms with E-state index in [4.69, 9.17) is 28.6 Å². The molecule has 3 saturated heterocycles. The van der Waals surface area contributed by atoms with E-state index in [9.17, 15) is 13.2 Å². The molecule has 0 radical (unpaired) electrons. The van der Waals surface area contributed by atoms with Crippen LogP contribution in [0.3, 0.4) is 0 Å². The van der Waals surface area contributed by atoms with E-state index in [1.807, 2.05) is 13.0 Å². The summed E-state index contributed by atoms with van der Waals surface area (Å²) >= 11 is 0. The molecule has 0 aromatic carbocycles. The molecule has 3 aliphatic heterocycles. The van der Waals surface area contributed by atoms with Crippen molar-refractivity contribution in [2.24, 2.45) is 5.92 Å². The average Bonchev–Trinajstić information content (AvgIpc) is 3.33. The second kappa shape index (κ2) is 11.0. The van der Waals surface area contributed by atoms with Crippen LogP contribution in [0.15, 0.2) is 10.6 Å². The number of hydrogen-bond donors (Lipinski definition) is 1. The molecule has 3 fully saturated rings. The molecule has 3 aliphatic rings. The second-order valence-corrected chi connectivity index (χ2v) is 8.76. The van der Waals surface area contributed by atoms with Gasteiger partial charge >= 0.3 is 12.1 Å². The largest absolute Gasteiger partial charge is 0.490 e. The van der Waals surface area contributed by atoms with E-state index in [2.05, 4.69) is 10.1 Å². The topological polar surface area (TPSA) is 94.3 Å². The molecule has 0 amide bonds. The van der Waals surface area contributed by atoms with E-state index in [0.717, 1.165) is 83.2 Å². The molecule has 0 saturated carbocycles. The van der Waals surface area contributed by atoms with Crippen LogP contribution < -0.4 is 0 Å². The first-order valence-corrected chi connectivity index (χ1v) is 10.9. The molecule has 0 bridgehead atoms. The molecule has 0 aliphatic carbocycles. The maximum Gasteiger partial charge on any atom is 0.490 e. The molecule has 1 N–H and O–H groups in total. The van der Waals surface area contributed by atoms with Gasteiger partial charge in [0.15, 0.2) is 0 Å². The molecule has 4 rings (SSSR count). The number of nitrogens with zero attached hydrogens (tertiary/aromatic N) is 2. The number of aliphatic carboxylic acids is 1. The Labute approximate surface area is 185 Å². The Kier molecular flexibility index (Phi) is 8.54. The van der Waals surface area contributed by atoms with Crippen molar-refractivity contribution in [1.82, 2.24) is 10.1 Å². The zero-order valence-electron chi connectivity index (χ0n) is 18.2. The summed E-state index contributed by atoms with van der Waals surface area (Å²) in [6.07, 6.45) is 0.747. The van der Waals surface area contributed by atoms with Gasteiger partial charge in [-0.15, -0.1) is 0 Å². The number of carboxylic acid groups (broad SMARTS) is 1. The molecule has 1 aromatic rings. The Balaban J connectivity index is 0.000000360. The van der Waals surface area contributed by atoms with Gasteiger partial charge in [0, 0.05) is 38.8 Å². The Bertz CT molecular complexity index is 737. The second-order valence-electron chi connectivity index (χ2n) is 8.76. The zero-order chi connectivity index (χ0) is 23.2. The number of aromatic nitrogens is 1. The first-order valence-electron chi connectivity index (χ1n) is 10.9. The molecule has 182 valence electrons. The lowest BCUT2D eigenvalue weighted by molar-refractivity contribution is -0.192. The van der Waals surface area contributed by atoms with Gasteiger partial charge < -0.3 is 23.8 Å². The lowest BCUT2D eigenvalue weighted by Gasteiger charge is -2.39. The van der Waals surface area contributed by atoms with Crippen LogP contribution in [0, 0.1) is 12.8 Å². The third-order valence-electron chi connectivity index (χ3n) is 6.01. The van der Waals surface area contributed by atoms with E-state index in [0.29, 0.717) is 5.92 Å². The fraction of sp³-hybridized carbons (Fsp3) is 0.810. The summed E-state index contributed by atoms with van der Waals surface area (Å²) in [7, 11) is 0. The summed E-state index contributed by atoms with van der Waals surface area (Å²) in [5.74, 6) is -1.23. The van der Waals surface area contributed by atoms with Gasteiger partial charge in [-0.25, -0.2) is 4.79 Å². The minimum absolute atomic E-state index is 0.0304. The van der Waals surface area contributed by atoms with Crippen LogP contribution >= 0.6 is 0 Å². The van der Waals surface area contributed by atoms with Gasteiger partial charge in [-0.05, 0) is 45.1 Å². The third-order valence-corrected chi connectivity index (χ3v) is 6.01. The molecule has 1 aromatic heterocycles. The van der Waals surface area contributed by atoms with E-state index < -0.39 is 12.1 Å². The van der Waals surface area contributed by atoms with Crippen molar-refractivity contribution in [3.63, 3.8) is 0 Å². The van der Waals surface area contributed by atoms with Gasteiger partial charge in [0.25, 0.3) is 0 Å². The molecule has 4 heterocycles. The van der Waals surface area contributed by atoms with Crippen molar-refractivity contribution in [3.8, 4) is 0 Å². The summed E-state index contributed by atoms with van der Waals surface area (Å²) < 4.78 is 54.8. The number of alkyl halides is 3. The Morgan fingerprint density at radius 2 is 2.09 bits per heavy atom. The SMILES string of the molecule is Cc1cc(CN2CCC[C@]3(C[C@H](OCC4CCOCC4)CO3)C2)no1.O=C(O)C(F)(F)F. The van der Waals surface area contributed by atoms with E-state index in [1.54, 1.807) is 0 Å². The van der Waals surface area contributed by atoms with Crippen LogP contribution in [-0.4, -0.2) is 78.5 Å². The maximum absolute atomic E-state index is 10.6. The fourth-order valence-electron chi connectivity index (χ4n) is 4.43. The van der Waals surface area contributed by atoms with Crippen LogP contribution in [0.1, 0.15) is 43.6 Å². The predicted molar refractivity (Wildman–Crippen MR) is 106 cm³/mol. The first-order chi connectivity index (χ1) is 15.2. The molecular weight excluding hydrogens is 433 g/mol. The number of piperidine rings is 1. The number of carboxylic acids is 1. The highest BCUT2D eigenvalue weighted by atomic mass is 19.4. The highest BCUT2D eigenvalue weighted by molar-refractivity contribution is 5.73. The van der Waals surface area contributed by atoms with Crippen molar-refractivity contribution in [1.29, 1.82) is 0 Å². The van der Waals surface area contributed by atoms with E-state index in [-0.39, 0.29) is 11.7 Å². The van der Waals surface area contributed by atoms with Crippen molar-refractivity contribution < 1.29 is 41.8 Å². The van der Waals surface area contributed by atoms with Gasteiger partial charge in [-0.1, -0.05) is 5.16 Å². The average molecular weight is 464 g/mol. The molecular formula is C21H31F3N2O6. The van der Waals surface area contributed by atoms with E-state index >= 15 is 0 Å². The van der Waals surface area contributed by atoms with Crippen LogP contribution in [0.4, 0.5) is 13.2 Å².